The highest BCUT2D eigenvalue weighted by molar-refractivity contribution is 5.77. The highest BCUT2D eigenvalue weighted by atomic mass is 16.5. The van der Waals surface area contributed by atoms with Crippen LogP contribution in [-0.2, 0) is 11.3 Å². The molecular formula is C19H22N6O3. The predicted octanol–water partition coefficient (Wildman–Crippen LogP) is 1.43. The van der Waals surface area contributed by atoms with Crippen molar-refractivity contribution in [1.82, 2.24) is 29.9 Å². The minimum atomic E-state index is -0.386. The van der Waals surface area contributed by atoms with Crippen molar-refractivity contribution in [1.29, 1.82) is 0 Å². The molecule has 0 aliphatic heterocycles. The van der Waals surface area contributed by atoms with E-state index in [9.17, 15) is 9.59 Å². The second-order valence-electron chi connectivity index (χ2n) is 6.95. The number of fused-ring (bicyclic) bond motifs is 1. The first-order valence-electron chi connectivity index (χ1n) is 9.40. The summed E-state index contributed by atoms with van der Waals surface area (Å²) in [5.74, 6) is 0.533. The van der Waals surface area contributed by atoms with Crippen LogP contribution in [-0.4, -0.2) is 43.6 Å². The molecule has 1 saturated carbocycles. The smallest absolute Gasteiger partial charge is 0.284 e. The van der Waals surface area contributed by atoms with Gasteiger partial charge in [-0.1, -0.05) is 24.5 Å². The van der Waals surface area contributed by atoms with Crippen LogP contribution in [0.5, 0.6) is 5.75 Å². The van der Waals surface area contributed by atoms with Crippen molar-refractivity contribution in [3.63, 3.8) is 0 Å². The number of nitrogens with one attached hydrogen (secondary N) is 1. The number of aromatic nitrogens is 5. The zero-order chi connectivity index (χ0) is 19.5. The van der Waals surface area contributed by atoms with E-state index in [1.807, 2.05) is 0 Å². The van der Waals surface area contributed by atoms with E-state index in [1.54, 1.807) is 31.4 Å². The Labute approximate surface area is 161 Å². The number of ether oxygens (including phenoxy) is 1. The first-order valence-corrected chi connectivity index (χ1v) is 9.40. The van der Waals surface area contributed by atoms with Crippen LogP contribution in [0.1, 0.15) is 32.1 Å². The zero-order valence-electron chi connectivity index (χ0n) is 15.7. The number of benzene rings is 1. The van der Waals surface area contributed by atoms with Gasteiger partial charge < -0.3 is 10.1 Å². The lowest BCUT2D eigenvalue weighted by atomic mass is 9.95. The Morgan fingerprint density at radius 2 is 1.96 bits per heavy atom. The van der Waals surface area contributed by atoms with Gasteiger partial charge in [0.25, 0.3) is 5.56 Å². The third-order valence-corrected chi connectivity index (χ3v) is 5.03. The van der Waals surface area contributed by atoms with Crippen molar-refractivity contribution < 1.29 is 9.53 Å². The average Bonchev–Trinajstić information content (AvgIpc) is 3.16. The Morgan fingerprint density at radius 3 is 2.68 bits per heavy atom. The fourth-order valence-electron chi connectivity index (χ4n) is 3.53. The lowest BCUT2D eigenvalue weighted by molar-refractivity contribution is -0.122. The average molecular weight is 382 g/mol. The minimum absolute atomic E-state index is 0.0757. The molecule has 4 rings (SSSR count). The van der Waals surface area contributed by atoms with Gasteiger partial charge in [-0.05, 0) is 37.1 Å². The number of rotatable bonds is 5. The molecule has 1 fully saturated rings. The molecule has 146 valence electrons. The Kier molecular flexibility index (Phi) is 5.05. The lowest BCUT2D eigenvalue weighted by Gasteiger charge is -2.22. The van der Waals surface area contributed by atoms with Crippen LogP contribution < -0.4 is 15.6 Å². The fraction of sp³-hybridized carbons (Fsp3) is 0.421. The van der Waals surface area contributed by atoms with Gasteiger partial charge in [0.2, 0.25) is 5.91 Å². The zero-order valence-corrected chi connectivity index (χ0v) is 15.7. The molecule has 0 radical (unpaired) electrons. The standard InChI is InChI=1S/C19H22N6O3/c1-28-15-9-7-14(8-10-15)25-18-17(22-23-25)19(27)24(12-20-18)11-16(26)21-13-5-3-2-4-6-13/h7-10,12-13H,2-6,11H2,1H3,(H,21,26). The molecule has 0 atom stereocenters. The van der Waals surface area contributed by atoms with E-state index < -0.39 is 0 Å². The molecule has 1 aliphatic carbocycles. The maximum atomic E-state index is 12.7. The number of hydrogen-bond acceptors (Lipinski definition) is 6. The molecule has 0 saturated heterocycles. The molecule has 3 aromatic rings. The van der Waals surface area contributed by atoms with Crippen molar-refractivity contribution >= 4 is 17.1 Å². The molecule has 0 spiro atoms. The van der Waals surface area contributed by atoms with Crippen LogP contribution in [0, 0.1) is 0 Å². The summed E-state index contributed by atoms with van der Waals surface area (Å²) in [7, 11) is 1.59. The van der Waals surface area contributed by atoms with E-state index in [0.717, 1.165) is 25.7 Å². The van der Waals surface area contributed by atoms with Crippen LogP contribution >= 0.6 is 0 Å². The number of carbonyl (C=O) groups is 1. The molecule has 28 heavy (non-hydrogen) atoms. The summed E-state index contributed by atoms with van der Waals surface area (Å²) in [6.45, 7) is -0.0757. The fourth-order valence-corrected chi connectivity index (χ4v) is 3.53. The first kappa shape index (κ1) is 18.1. The summed E-state index contributed by atoms with van der Waals surface area (Å²) in [6.07, 6.45) is 6.84. The molecule has 1 aromatic carbocycles. The van der Waals surface area contributed by atoms with E-state index in [-0.39, 0.29) is 29.6 Å². The van der Waals surface area contributed by atoms with Crippen LogP contribution in [0.15, 0.2) is 35.4 Å². The molecule has 9 heteroatoms. The Morgan fingerprint density at radius 1 is 1.21 bits per heavy atom. The highest BCUT2D eigenvalue weighted by Gasteiger charge is 2.18. The molecule has 0 bridgehead atoms. The third-order valence-electron chi connectivity index (χ3n) is 5.03. The molecule has 1 amide bonds. The second-order valence-corrected chi connectivity index (χ2v) is 6.95. The molecule has 9 nitrogen and oxygen atoms in total. The second kappa shape index (κ2) is 7.79. The monoisotopic (exact) mass is 382 g/mol. The van der Waals surface area contributed by atoms with Gasteiger partial charge in [0.05, 0.1) is 12.8 Å². The molecular weight excluding hydrogens is 360 g/mol. The van der Waals surface area contributed by atoms with Crippen LogP contribution in [0.25, 0.3) is 16.9 Å². The van der Waals surface area contributed by atoms with Crippen molar-refractivity contribution in [3.8, 4) is 11.4 Å². The van der Waals surface area contributed by atoms with Gasteiger partial charge in [-0.25, -0.2) is 4.98 Å². The molecule has 0 unspecified atom stereocenters. The van der Waals surface area contributed by atoms with Gasteiger partial charge >= 0.3 is 0 Å². The predicted molar refractivity (Wildman–Crippen MR) is 102 cm³/mol. The summed E-state index contributed by atoms with van der Waals surface area (Å²) in [6, 6.07) is 7.39. The van der Waals surface area contributed by atoms with Gasteiger partial charge in [0.1, 0.15) is 18.6 Å². The molecule has 1 aliphatic rings. The Balaban J connectivity index is 1.55. The van der Waals surface area contributed by atoms with Crippen molar-refractivity contribution in [2.24, 2.45) is 0 Å². The summed E-state index contributed by atoms with van der Waals surface area (Å²) in [5, 5.41) is 11.0. The first-order chi connectivity index (χ1) is 13.7. The van der Waals surface area contributed by atoms with Crippen LogP contribution in [0.4, 0.5) is 0 Å². The lowest BCUT2D eigenvalue weighted by Crippen LogP contribution is -2.39. The normalized spacial score (nSPS) is 14.9. The highest BCUT2D eigenvalue weighted by Crippen LogP contribution is 2.18. The quantitative estimate of drug-likeness (QED) is 0.716. The van der Waals surface area contributed by atoms with E-state index >= 15 is 0 Å². The van der Waals surface area contributed by atoms with E-state index in [2.05, 4.69) is 20.6 Å². The summed E-state index contributed by atoms with van der Waals surface area (Å²) >= 11 is 0. The summed E-state index contributed by atoms with van der Waals surface area (Å²) in [5.41, 5.74) is 0.800. The van der Waals surface area contributed by atoms with E-state index in [0.29, 0.717) is 17.1 Å². The van der Waals surface area contributed by atoms with Crippen LogP contribution in [0.2, 0.25) is 0 Å². The minimum Gasteiger partial charge on any atom is -0.497 e. The van der Waals surface area contributed by atoms with Gasteiger partial charge in [-0.2, -0.15) is 4.68 Å². The van der Waals surface area contributed by atoms with Crippen molar-refractivity contribution in [2.45, 2.75) is 44.7 Å². The SMILES string of the molecule is COc1ccc(-n2nnc3c(=O)n(CC(=O)NC4CCCCC4)cnc32)cc1. The van der Waals surface area contributed by atoms with Gasteiger partial charge in [0, 0.05) is 6.04 Å². The van der Waals surface area contributed by atoms with Crippen molar-refractivity contribution in [3.05, 3.63) is 40.9 Å². The maximum Gasteiger partial charge on any atom is 0.284 e. The van der Waals surface area contributed by atoms with E-state index in [4.69, 9.17) is 4.74 Å². The molecule has 2 heterocycles. The Hall–Kier alpha value is -3.23. The van der Waals surface area contributed by atoms with Gasteiger partial charge in [-0.15, -0.1) is 5.10 Å². The number of methoxy groups -OCH3 is 1. The summed E-state index contributed by atoms with van der Waals surface area (Å²) in [4.78, 5) is 29.3. The number of hydrogen-bond donors (Lipinski definition) is 1. The van der Waals surface area contributed by atoms with Gasteiger partial charge in [0.15, 0.2) is 11.2 Å². The largest absolute Gasteiger partial charge is 0.497 e. The van der Waals surface area contributed by atoms with Gasteiger partial charge in [-0.3, -0.25) is 14.2 Å². The summed E-state index contributed by atoms with van der Waals surface area (Å²) < 4.78 is 7.91. The van der Waals surface area contributed by atoms with Crippen molar-refractivity contribution in [2.75, 3.05) is 7.11 Å². The third kappa shape index (κ3) is 3.60. The number of carbonyl (C=O) groups excluding carboxylic acids is 1. The maximum absolute atomic E-state index is 12.7. The molecule has 2 aromatic heterocycles. The van der Waals surface area contributed by atoms with E-state index in [1.165, 1.54) is 22.0 Å². The topological polar surface area (TPSA) is 104 Å². The molecule has 1 N–H and O–H groups in total. The van der Waals surface area contributed by atoms with Crippen LogP contribution in [0.3, 0.4) is 0 Å². The number of nitrogens with zero attached hydrogens (tertiary/aromatic N) is 5. The Bertz CT molecular complexity index is 1030. The number of amides is 1.